The molecule has 0 bridgehead atoms. The summed E-state index contributed by atoms with van der Waals surface area (Å²) in [5.41, 5.74) is 0.113. The molecule has 0 spiro atoms. The number of hydrogen-bond acceptors (Lipinski definition) is 4. The van der Waals surface area contributed by atoms with Crippen molar-refractivity contribution in [2.24, 2.45) is 5.92 Å². The largest absolute Gasteiger partial charge is 0.466 e. The van der Waals surface area contributed by atoms with E-state index in [0.29, 0.717) is 0 Å². The van der Waals surface area contributed by atoms with Crippen molar-refractivity contribution in [1.82, 2.24) is 4.31 Å². The molecule has 1 aromatic rings. The minimum atomic E-state index is -4.06. The average Bonchev–Trinajstić information content (AvgIpc) is 3.04. The molecule has 0 amide bonds. The molecule has 124 valence electrons. The molecule has 6 heteroatoms. The molecule has 5 nitrogen and oxygen atoms in total. The standard InChI is InChI=1S/C17H21NO4S/c1-12(2)16-11-18(10-14(16)9-17(19)22-4)23(20,21)15-7-5-13(3)6-8-15/h5-9,16H,1,10-11H2,2-4H3/b14-9+/i1D2,2D3,9D. The molecule has 0 saturated carbocycles. The molecule has 0 aromatic heterocycles. The lowest BCUT2D eigenvalue weighted by Crippen LogP contribution is -2.29. The van der Waals surface area contributed by atoms with Gasteiger partial charge < -0.3 is 4.74 Å². The van der Waals surface area contributed by atoms with Crippen LogP contribution in [0.2, 0.25) is 0 Å². The topological polar surface area (TPSA) is 63.7 Å². The molecule has 1 aliphatic heterocycles. The van der Waals surface area contributed by atoms with Gasteiger partial charge in [0.2, 0.25) is 10.0 Å². The minimum absolute atomic E-state index is 0.0240. The molecule has 0 aliphatic carbocycles. The zero-order valence-electron chi connectivity index (χ0n) is 18.8. The molecule has 1 aliphatic rings. The van der Waals surface area contributed by atoms with Crippen LogP contribution in [-0.2, 0) is 19.6 Å². The number of nitrogens with zero attached hydrogens (tertiary/aromatic N) is 1. The van der Waals surface area contributed by atoms with Crippen LogP contribution in [0.25, 0.3) is 0 Å². The summed E-state index contributed by atoms with van der Waals surface area (Å²) in [6, 6.07) is 5.36. The quantitative estimate of drug-likeness (QED) is 0.479. The number of rotatable bonds is 4. The Labute approximate surface area is 145 Å². The summed E-state index contributed by atoms with van der Waals surface area (Å²) in [6.45, 7) is -2.89. The maximum absolute atomic E-state index is 13.0. The highest BCUT2D eigenvalue weighted by atomic mass is 32.2. The molecular formula is C17H21NO4S. The summed E-state index contributed by atoms with van der Waals surface area (Å²) < 4.78 is 77.6. The Kier molecular flexibility index (Phi) is 3.13. The van der Waals surface area contributed by atoms with Gasteiger partial charge in [-0.25, -0.2) is 13.2 Å². The third kappa shape index (κ3) is 3.71. The Balaban J connectivity index is 2.60. The van der Waals surface area contributed by atoms with Gasteiger partial charge in [-0.3, -0.25) is 0 Å². The van der Waals surface area contributed by atoms with E-state index in [1.165, 1.54) is 12.1 Å². The number of benzene rings is 1. The summed E-state index contributed by atoms with van der Waals surface area (Å²) in [5, 5.41) is 0. The molecule has 0 N–H and O–H groups in total. The zero-order chi connectivity index (χ0) is 22.1. The van der Waals surface area contributed by atoms with Crippen molar-refractivity contribution in [2.75, 3.05) is 20.2 Å². The maximum Gasteiger partial charge on any atom is 0.330 e. The van der Waals surface area contributed by atoms with Crippen molar-refractivity contribution in [3.63, 3.8) is 0 Å². The molecular weight excluding hydrogens is 314 g/mol. The van der Waals surface area contributed by atoms with Crippen LogP contribution in [0.15, 0.2) is 52.9 Å². The Hall–Kier alpha value is -1.92. The van der Waals surface area contributed by atoms with Crippen LogP contribution in [0.3, 0.4) is 0 Å². The number of esters is 1. The number of sulfonamides is 1. The highest BCUT2D eigenvalue weighted by Crippen LogP contribution is 2.32. The van der Waals surface area contributed by atoms with Crippen LogP contribution >= 0.6 is 0 Å². The van der Waals surface area contributed by atoms with E-state index < -0.39 is 60.0 Å². The fourth-order valence-corrected chi connectivity index (χ4v) is 3.73. The highest BCUT2D eigenvalue weighted by Gasteiger charge is 2.36. The predicted molar refractivity (Wildman–Crippen MR) is 88.3 cm³/mol. The van der Waals surface area contributed by atoms with E-state index in [9.17, 15) is 13.2 Å². The van der Waals surface area contributed by atoms with E-state index in [4.69, 9.17) is 8.22 Å². The Morgan fingerprint density at radius 3 is 2.78 bits per heavy atom. The first-order valence-electron chi connectivity index (χ1n) is 9.83. The molecule has 2 rings (SSSR count). The summed E-state index contributed by atoms with van der Waals surface area (Å²) >= 11 is 0. The first kappa shape index (κ1) is 10.8. The summed E-state index contributed by atoms with van der Waals surface area (Å²) in [4.78, 5) is 11.8. The van der Waals surface area contributed by atoms with Crippen LogP contribution in [0.1, 0.15) is 20.6 Å². The van der Waals surface area contributed by atoms with Crippen molar-refractivity contribution >= 4 is 16.0 Å². The van der Waals surface area contributed by atoms with Gasteiger partial charge in [-0.05, 0) is 31.5 Å². The summed E-state index contributed by atoms with van der Waals surface area (Å²) in [7, 11) is -3.01. The number of methoxy groups -OCH3 is 1. The number of carbonyl (C=O) groups is 1. The second-order valence-corrected chi connectivity index (χ2v) is 7.16. The van der Waals surface area contributed by atoms with Gasteiger partial charge in [0.1, 0.15) is 0 Å². The van der Waals surface area contributed by atoms with Gasteiger partial charge in [-0.15, -0.1) is 0 Å². The van der Waals surface area contributed by atoms with Gasteiger partial charge in [0, 0.05) is 29.2 Å². The van der Waals surface area contributed by atoms with Crippen LogP contribution < -0.4 is 0 Å². The number of carbonyl (C=O) groups excluding carboxylic acids is 1. The van der Waals surface area contributed by atoms with Gasteiger partial charge in [0.15, 0.2) is 0 Å². The van der Waals surface area contributed by atoms with Crippen LogP contribution in [0.4, 0.5) is 0 Å². The molecule has 1 heterocycles. The molecule has 0 radical (unpaired) electrons. The molecule has 1 fully saturated rings. The third-order valence-corrected chi connectivity index (χ3v) is 5.43. The van der Waals surface area contributed by atoms with Crippen LogP contribution in [-0.4, -0.2) is 38.9 Å². The molecule has 1 unspecified atom stereocenters. The Morgan fingerprint density at radius 1 is 1.52 bits per heavy atom. The van der Waals surface area contributed by atoms with Crippen molar-refractivity contribution in [1.29, 1.82) is 0 Å². The zero-order valence-corrected chi connectivity index (χ0v) is 13.6. The minimum Gasteiger partial charge on any atom is -0.466 e. The SMILES string of the molecule is [2H]C([2H])=C(C1CN(S(=O)(=O)c2ccc(C)cc2)C/C1=C(/[2H])C(=O)OC)C([2H])([2H])[2H]. The smallest absolute Gasteiger partial charge is 0.330 e. The van der Waals surface area contributed by atoms with E-state index in [-0.39, 0.29) is 10.5 Å². The van der Waals surface area contributed by atoms with Crippen molar-refractivity contribution < 1.29 is 26.2 Å². The van der Waals surface area contributed by atoms with Gasteiger partial charge in [0.25, 0.3) is 0 Å². The van der Waals surface area contributed by atoms with Crippen LogP contribution in [0, 0.1) is 12.8 Å². The number of ether oxygens (including phenoxy) is 1. The first-order chi connectivity index (χ1) is 13.3. The van der Waals surface area contributed by atoms with E-state index in [0.717, 1.165) is 17.0 Å². The van der Waals surface area contributed by atoms with E-state index >= 15 is 0 Å². The van der Waals surface area contributed by atoms with Crippen molar-refractivity contribution in [3.05, 3.63) is 53.6 Å². The lowest BCUT2D eigenvalue weighted by Gasteiger charge is -2.16. The molecule has 1 saturated heterocycles. The van der Waals surface area contributed by atoms with Crippen LogP contribution in [0.5, 0.6) is 0 Å². The fraction of sp³-hybridized carbons (Fsp3) is 0.353. The van der Waals surface area contributed by atoms with Gasteiger partial charge in [0.05, 0.1) is 16.1 Å². The van der Waals surface area contributed by atoms with Gasteiger partial charge >= 0.3 is 5.97 Å². The Bertz CT molecular complexity index is 963. The number of hydrogen-bond donors (Lipinski definition) is 0. The predicted octanol–water partition coefficient (Wildman–Crippen LogP) is 2.29. The normalized spacial score (nSPS) is 25.2. The van der Waals surface area contributed by atoms with Crippen molar-refractivity contribution in [2.45, 2.75) is 18.7 Å². The van der Waals surface area contributed by atoms with Crippen molar-refractivity contribution in [3.8, 4) is 0 Å². The van der Waals surface area contributed by atoms with E-state index in [2.05, 4.69) is 4.74 Å². The van der Waals surface area contributed by atoms with E-state index in [1.54, 1.807) is 19.1 Å². The lowest BCUT2D eigenvalue weighted by atomic mass is 9.96. The van der Waals surface area contributed by atoms with Gasteiger partial charge in [-0.2, -0.15) is 4.31 Å². The Morgan fingerprint density at radius 2 is 2.22 bits per heavy atom. The van der Waals surface area contributed by atoms with Gasteiger partial charge in [-0.1, -0.05) is 29.8 Å². The summed E-state index contributed by atoms with van der Waals surface area (Å²) in [6.07, 6.45) is 0. The second-order valence-electron chi connectivity index (χ2n) is 5.22. The maximum atomic E-state index is 13.0. The second kappa shape index (κ2) is 6.68. The number of aryl methyl sites for hydroxylation is 1. The molecule has 1 aromatic carbocycles. The molecule has 1 atom stereocenters. The first-order valence-corrected chi connectivity index (χ1v) is 8.27. The highest BCUT2D eigenvalue weighted by molar-refractivity contribution is 7.89. The summed E-state index contributed by atoms with van der Waals surface area (Å²) in [5.74, 6) is -2.33. The van der Waals surface area contributed by atoms with E-state index in [1.807, 2.05) is 0 Å². The fourth-order valence-electron chi connectivity index (χ4n) is 2.30. The monoisotopic (exact) mass is 341 g/mol. The lowest BCUT2D eigenvalue weighted by molar-refractivity contribution is -0.134. The molecule has 23 heavy (non-hydrogen) atoms. The third-order valence-electron chi connectivity index (χ3n) is 3.61. The average molecular weight is 341 g/mol.